The molecule has 4 aliphatic rings. The Kier molecular flexibility index (Phi) is 18.8. The standard InChI is InChI=1S/C39H64N10O13/c1-21(51)30(45-32(54)23-10-5-15-41-23)36(58)42-19-29(53)47-16-6-11-26(47)34(56)44-25(20-50)33(55)46-31(22(2)52)38(60)48-17-7-12-27(48)35(57)43-24(9-3-4-14-40)37(59)49-18-8-13-28(49)39(61)62/h21-28,30-31,41,50-52H,3-20,40H2,1-2H3,(H,42,58)(H,43,57)(H,44,56)(H,45,54)(H,46,55)(H,61,62)/t21-,22-,23+,24+,25+,26+,27+,28+,30+,31+/m1/s1. The maximum absolute atomic E-state index is 13.9. The molecule has 4 aliphatic heterocycles. The second kappa shape index (κ2) is 23.5. The molecule has 0 unspecified atom stereocenters. The number of hydrogen-bond donors (Lipinski definition) is 11. The number of amides is 8. The van der Waals surface area contributed by atoms with E-state index in [1.165, 1.54) is 28.5 Å². The van der Waals surface area contributed by atoms with Gasteiger partial charge in [-0.15, -0.1) is 0 Å². The number of nitrogens with zero attached hydrogens (tertiary/aromatic N) is 3. The van der Waals surface area contributed by atoms with E-state index in [0.717, 1.165) is 6.42 Å². The first-order valence-electron chi connectivity index (χ1n) is 21.5. The van der Waals surface area contributed by atoms with Crippen LogP contribution in [0.4, 0.5) is 0 Å². The van der Waals surface area contributed by atoms with E-state index in [2.05, 4.69) is 31.9 Å². The van der Waals surface area contributed by atoms with Gasteiger partial charge in [0.25, 0.3) is 0 Å². The summed E-state index contributed by atoms with van der Waals surface area (Å²) in [7, 11) is 0. The van der Waals surface area contributed by atoms with Crippen molar-refractivity contribution < 1.29 is 63.6 Å². The predicted octanol–water partition coefficient (Wildman–Crippen LogP) is -5.27. The maximum Gasteiger partial charge on any atom is 0.326 e. The topological polar surface area (TPSA) is 342 Å². The first-order chi connectivity index (χ1) is 29.5. The molecule has 0 bridgehead atoms. The zero-order valence-corrected chi connectivity index (χ0v) is 35.4. The number of aliphatic carboxylic acids is 1. The molecular weight excluding hydrogens is 816 g/mol. The second-order valence-corrected chi connectivity index (χ2v) is 16.4. The number of likely N-dealkylation sites (tertiary alicyclic amines) is 3. The Labute approximate surface area is 359 Å². The Morgan fingerprint density at radius 3 is 1.77 bits per heavy atom. The number of carboxylic acid groups (broad SMARTS) is 1. The van der Waals surface area contributed by atoms with Crippen molar-refractivity contribution in [3.8, 4) is 0 Å². The van der Waals surface area contributed by atoms with Crippen LogP contribution in [0.15, 0.2) is 0 Å². The van der Waals surface area contributed by atoms with Gasteiger partial charge in [0, 0.05) is 19.6 Å². The summed E-state index contributed by atoms with van der Waals surface area (Å²) in [6.45, 7) is 2.40. The molecule has 23 nitrogen and oxygen atoms in total. The molecular formula is C39H64N10O13. The van der Waals surface area contributed by atoms with Crippen LogP contribution in [0.5, 0.6) is 0 Å². The number of aliphatic hydroxyl groups is 3. The number of unbranched alkanes of at least 4 members (excludes halogenated alkanes) is 1. The highest BCUT2D eigenvalue weighted by Gasteiger charge is 2.43. The van der Waals surface area contributed by atoms with Gasteiger partial charge in [-0.1, -0.05) is 0 Å². The van der Waals surface area contributed by atoms with Gasteiger partial charge in [-0.3, -0.25) is 38.4 Å². The van der Waals surface area contributed by atoms with Crippen molar-refractivity contribution in [2.24, 2.45) is 5.73 Å². The van der Waals surface area contributed by atoms with Crippen LogP contribution in [0.3, 0.4) is 0 Å². The highest BCUT2D eigenvalue weighted by molar-refractivity contribution is 5.98. The molecule has 0 saturated carbocycles. The second-order valence-electron chi connectivity index (χ2n) is 16.4. The van der Waals surface area contributed by atoms with Crippen LogP contribution in [0.2, 0.25) is 0 Å². The molecule has 8 amide bonds. The fraction of sp³-hybridized carbons (Fsp3) is 0.769. The van der Waals surface area contributed by atoms with Crippen LogP contribution in [0, 0.1) is 0 Å². The number of rotatable bonds is 21. The molecule has 0 aromatic rings. The average Bonchev–Trinajstić information content (AvgIpc) is 4.08. The van der Waals surface area contributed by atoms with Crippen LogP contribution in [-0.4, -0.2) is 195 Å². The molecule has 62 heavy (non-hydrogen) atoms. The lowest BCUT2D eigenvalue weighted by Gasteiger charge is -2.32. The van der Waals surface area contributed by atoms with Gasteiger partial charge in [0.15, 0.2) is 0 Å². The summed E-state index contributed by atoms with van der Waals surface area (Å²) in [5.41, 5.74) is 5.64. The van der Waals surface area contributed by atoms with Gasteiger partial charge in [-0.25, -0.2) is 4.79 Å². The van der Waals surface area contributed by atoms with Crippen LogP contribution in [-0.2, 0) is 43.2 Å². The van der Waals surface area contributed by atoms with Crippen LogP contribution in [0.1, 0.15) is 84.5 Å². The van der Waals surface area contributed by atoms with E-state index in [1.54, 1.807) is 0 Å². The summed E-state index contributed by atoms with van der Waals surface area (Å²) in [5, 5.41) is 56.0. The molecule has 348 valence electrons. The number of aliphatic hydroxyl groups excluding tert-OH is 3. The molecule has 10 atom stereocenters. The summed E-state index contributed by atoms with van der Waals surface area (Å²) in [6, 6.07) is -9.46. The van der Waals surface area contributed by atoms with Gasteiger partial charge < -0.3 is 72.8 Å². The molecule has 4 rings (SSSR count). The zero-order chi connectivity index (χ0) is 45.7. The minimum absolute atomic E-state index is 0.0629. The fourth-order valence-electron chi connectivity index (χ4n) is 8.37. The molecule has 0 radical (unpaired) electrons. The lowest BCUT2D eigenvalue weighted by molar-refractivity contribution is -0.150. The minimum atomic E-state index is -1.64. The highest BCUT2D eigenvalue weighted by atomic mass is 16.4. The van der Waals surface area contributed by atoms with Crippen molar-refractivity contribution in [1.29, 1.82) is 0 Å². The van der Waals surface area contributed by atoms with E-state index in [9.17, 15) is 63.6 Å². The lowest BCUT2D eigenvalue weighted by Crippen LogP contribution is -2.62. The summed E-state index contributed by atoms with van der Waals surface area (Å²) in [4.78, 5) is 122. The Balaban J connectivity index is 1.35. The van der Waals surface area contributed by atoms with E-state index < -0.39 is 127 Å². The highest BCUT2D eigenvalue weighted by Crippen LogP contribution is 2.23. The quantitative estimate of drug-likeness (QED) is 0.0480. The molecule has 23 heteroatoms. The first-order valence-corrected chi connectivity index (χ1v) is 21.5. The number of carbonyl (C=O) groups excluding carboxylic acids is 8. The number of nitrogens with two attached hydrogens (primary N) is 1. The SMILES string of the molecule is C[C@@H](O)[C@H](NC(=O)[C@@H]1CCCN1)C(=O)NCC(=O)N1CCC[C@H]1C(=O)N[C@@H](CO)C(=O)N[C@H](C(=O)N1CCC[C@H]1C(=O)N[C@@H](CCCCN)C(=O)N1CCC[C@H]1C(=O)O)[C@@H](C)O. The van der Waals surface area contributed by atoms with Gasteiger partial charge in [-0.2, -0.15) is 0 Å². The minimum Gasteiger partial charge on any atom is -0.480 e. The third-order valence-electron chi connectivity index (χ3n) is 11.8. The number of carbonyl (C=O) groups is 9. The third kappa shape index (κ3) is 12.8. The Morgan fingerprint density at radius 1 is 0.661 bits per heavy atom. The smallest absolute Gasteiger partial charge is 0.326 e. The predicted molar refractivity (Wildman–Crippen MR) is 217 cm³/mol. The number of hydrogen-bond acceptors (Lipinski definition) is 14. The van der Waals surface area contributed by atoms with E-state index in [0.29, 0.717) is 51.6 Å². The van der Waals surface area contributed by atoms with Crippen molar-refractivity contribution in [3.05, 3.63) is 0 Å². The summed E-state index contributed by atoms with van der Waals surface area (Å²) < 4.78 is 0. The van der Waals surface area contributed by atoms with Gasteiger partial charge in [0.1, 0.15) is 42.3 Å². The monoisotopic (exact) mass is 880 g/mol. The first kappa shape index (κ1) is 49.7. The van der Waals surface area contributed by atoms with E-state index in [1.807, 2.05) is 0 Å². The molecule has 12 N–H and O–H groups in total. The summed E-state index contributed by atoms with van der Waals surface area (Å²) in [5.74, 6) is -7.03. The van der Waals surface area contributed by atoms with Gasteiger partial charge in [-0.05, 0) is 97.6 Å². The van der Waals surface area contributed by atoms with Gasteiger partial charge in [0.05, 0.1) is 31.4 Å². The van der Waals surface area contributed by atoms with Crippen molar-refractivity contribution in [2.45, 2.75) is 145 Å². The van der Waals surface area contributed by atoms with Crippen molar-refractivity contribution in [2.75, 3.05) is 45.9 Å². The van der Waals surface area contributed by atoms with Crippen molar-refractivity contribution >= 4 is 53.2 Å². The summed E-state index contributed by atoms with van der Waals surface area (Å²) >= 11 is 0. The lowest BCUT2D eigenvalue weighted by atomic mass is 10.1. The third-order valence-corrected chi connectivity index (χ3v) is 11.8. The molecule has 0 aromatic heterocycles. The van der Waals surface area contributed by atoms with Crippen LogP contribution < -0.4 is 37.6 Å². The number of nitrogens with one attached hydrogen (secondary N) is 6. The van der Waals surface area contributed by atoms with E-state index in [4.69, 9.17) is 5.73 Å². The average molecular weight is 881 g/mol. The Bertz CT molecular complexity index is 1640. The Hall–Kier alpha value is -4.97. The Morgan fingerprint density at radius 2 is 1.23 bits per heavy atom. The largest absolute Gasteiger partial charge is 0.480 e. The van der Waals surface area contributed by atoms with Gasteiger partial charge >= 0.3 is 5.97 Å². The van der Waals surface area contributed by atoms with Crippen molar-refractivity contribution in [1.82, 2.24) is 46.6 Å². The molecule has 4 heterocycles. The maximum atomic E-state index is 13.9. The van der Waals surface area contributed by atoms with Gasteiger partial charge in [0.2, 0.25) is 47.3 Å². The molecule has 4 fully saturated rings. The van der Waals surface area contributed by atoms with Crippen molar-refractivity contribution in [3.63, 3.8) is 0 Å². The number of carboxylic acids is 1. The normalized spacial score (nSPS) is 24.0. The van der Waals surface area contributed by atoms with Crippen LogP contribution in [0.25, 0.3) is 0 Å². The molecule has 0 spiro atoms. The molecule has 0 aliphatic carbocycles. The zero-order valence-electron chi connectivity index (χ0n) is 35.4. The van der Waals surface area contributed by atoms with E-state index in [-0.39, 0.29) is 45.3 Å². The van der Waals surface area contributed by atoms with E-state index >= 15 is 0 Å². The fourth-order valence-corrected chi connectivity index (χ4v) is 8.37. The molecule has 0 aromatic carbocycles. The summed E-state index contributed by atoms with van der Waals surface area (Å²) in [6.07, 6.45) is 1.62. The molecule has 4 saturated heterocycles. The van der Waals surface area contributed by atoms with Crippen LogP contribution >= 0.6 is 0 Å².